The molecule has 1 aromatic carbocycles. The fourth-order valence-electron chi connectivity index (χ4n) is 2.30. The van der Waals surface area contributed by atoms with Gasteiger partial charge in [-0.2, -0.15) is 5.26 Å². The molecule has 2 rings (SSSR count). The van der Waals surface area contributed by atoms with Crippen molar-refractivity contribution in [2.75, 3.05) is 7.05 Å². The molecule has 0 aliphatic heterocycles. The average molecular weight is 230 g/mol. The molecule has 2 N–H and O–H groups in total. The highest BCUT2D eigenvalue weighted by Crippen LogP contribution is 2.38. The van der Waals surface area contributed by atoms with Crippen molar-refractivity contribution in [3.05, 3.63) is 34.9 Å². The predicted octanol–water partition coefficient (Wildman–Crippen LogP) is 2.89. The lowest BCUT2D eigenvalue weighted by atomic mass is 9.79. The van der Waals surface area contributed by atoms with Crippen LogP contribution >= 0.6 is 0 Å². The lowest BCUT2D eigenvalue weighted by molar-refractivity contribution is 0.251. The van der Waals surface area contributed by atoms with E-state index in [-0.39, 0.29) is 0 Å². The number of nitrogens with zero attached hydrogens (tertiary/aromatic N) is 1. The summed E-state index contributed by atoms with van der Waals surface area (Å²) >= 11 is 0. The summed E-state index contributed by atoms with van der Waals surface area (Å²) in [4.78, 5) is 0. The summed E-state index contributed by atoms with van der Waals surface area (Å²) in [6.45, 7) is 6.90. The zero-order valence-corrected chi connectivity index (χ0v) is 11.2. The van der Waals surface area contributed by atoms with Crippen molar-refractivity contribution in [2.45, 2.75) is 33.6 Å². The van der Waals surface area contributed by atoms with E-state index in [1.54, 1.807) is 0 Å². The second-order valence-electron chi connectivity index (χ2n) is 5.57. The highest BCUT2D eigenvalue weighted by atomic mass is 14.4. The van der Waals surface area contributed by atoms with Crippen molar-refractivity contribution < 1.29 is 0 Å². The molecule has 2 heteroatoms. The number of nitrogens with two attached hydrogens (primary N) is 1. The van der Waals surface area contributed by atoms with E-state index in [2.05, 4.69) is 44.7 Å². The minimum atomic E-state index is 0.367. The van der Waals surface area contributed by atoms with Gasteiger partial charge in [0.05, 0.1) is 11.6 Å². The molecular weight excluding hydrogens is 208 g/mol. The van der Waals surface area contributed by atoms with Gasteiger partial charge in [-0.25, -0.2) is 0 Å². The topological polar surface area (TPSA) is 49.8 Å². The van der Waals surface area contributed by atoms with E-state index in [1.807, 2.05) is 6.07 Å². The number of hydrogen-bond acceptors (Lipinski definition) is 2. The van der Waals surface area contributed by atoms with E-state index in [0.29, 0.717) is 5.41 Å². The third-order valence-corrected chi connectivity index (χ3v) is 3.49. The van der Waals surface area contributed by atoms with Gasteiger partial charge in [0.1, 0.15) is 0 Å². The summed E-state index contributed by atoms with van der Waals surface area (Å²) < 4.78 is 0. The highest BCUT2D eigenvalue weighted by Gasteiger charge is 2.30. The molecule has 0 spiro atoms. The number of benzene rings is 1. The largest absolute Gasteiger partial charge is 0.333 e. The molecular formula is C15H22N2. The monoisotopic (exact) mass is 230 g/mol. The first kappa shape index (κ1) is 13.7. The van der Waals surface area contributed by atoms with Gasteiger partial charge in [0.2, 0.25) is 0 Å². The molecule has 0 amide bonds. The summed E-state index contributed by atoms with van der Waals surface area (Å²) in [5, 5.41) is 8.84. The van der Waals surface area contributed by atoms with Crippen LogP contribution in [0.15, 0.2) is 18.2 Å². The molecule has 0 saturated heterocycles. The lowest BCUT2D eigenvalue weighted by Gasteiger charge is -2.26. The number of nitriles is 1. The van der Waals surface area contributed by atoms with Crippen LogP contribution in [0.2, 0.25) is 0 Å². The molecule has 0 radical (unpaired) electrons. The van der Waals surface area contributed by atoms with Gasteiger partial charge < -0.3 is 5.73 Å². The normalized spacial score (nSPS) is 17.8. The van der Waals surface area contributed by atoms with Crippen LogP contribution in [0.25, 0.3) is 0 Å². The standard InChI is InChI=1S/C14H17N.CH5N/c1-14(2,3)13-7-11-5-4-10(9-15)6-12(11)8-13;1-2/h4-6,13H,7-8H2,1-3H3;2H2,1H3. The third kappa shape index (κ3) is 3.08. The number of hydrogen-bond donors (Lipinski definition) is 1. The Labute approximate surface area is 104 Å². The first-order valence-corrected chi connectivity index (χ1v) is 6.10. The average Bonchev–Trinajstić information content (AvgIpc) is 2.74. The molecule has 0 saturated carbocycles. The van der Waals surface area contributed by atoms with Crippen molar-refractivity contribution in [3.8, 4) is 6.07 Å². The van der Waals surface area contributed by atoms with Crippen molar-refractivity contribution in [3.63, 3.8) is 0 Å². The van der Waals surface area contributed by atoms with Gasteiger partial charge in [-0.05, 0) is 54.5 Å². The molecule has 2 nitrogen and oxygen atoms in total. The molecule has 1 atom stereocenters. The summed E-state index contributed by atoms with van der Waals surface area (Å²) in [5.41, 5.74) is 8.48. The molecule has 0 heterocycles. The van der Waals surface area contributed by atoms with Gasteiger partial charge in [-0.3, -0.25) is 0 Å². The molecule has 1 aliphatic carbocycles. The van der Waals surface area contributed by atoms with Gasteiger partial charge in [0, 0.05) is 0 Å². The third-order valence-electron chi connectivity index (χ3n) is 3.49. The Balaban J connectivity index is 0.000000686. The van der Waals surface area contributed by atoms with E-state index in [1.165, 1.54) is 24.6 Å². The second kappa shape index (κ2) is 5.33. The van der Waals surface area contributed by atoms with E-state index in [9.17, 15) is 0 Å². The zero-order valence-electron chi connectivity index (χ0n) is 11.2. The molecule has 0 aromatic heterocycles. The number of rotatable bonds is 0. The van der Waals surface area contributed by atoms with Crippen LogP contribution in [0.4, 0.5) is 0 Å². The van der Waals surface area contributed by atoms with Gasteiger partial charge in [-0.1, -0.05) is 26.8 Å². The summed E-state index contributed by atoms with van der Waals surface area (Å²) in [6, 6.07) is 8.33. The zero-order chi connectivity index (χ0) is 13.1. The van der Waals surface area contributed by atoms with E-state index in [4.69, 9.17) is 5.26 Å². The molecule has 1 aromatic rings. The van der Waals surface area contributed by atoms with Crippen molar-refractivity contribution in [1.29, 1.82) is 5.26 Å². The Hall–Kier alpha value is -1.33. The Morgan fingerprint density at radius 3 is 2.29 bits per heavy atom. The highest BCUT2D eigenvalue weighted by molar-refractivity contribution is 5.41. The summed E-state index contributed by atoms with van der Waals surface area (Å²) in [5.74, 6) is 0.724. The van der Waals surface area contributed by atoms with Crippen LogP contribution in [0, 0.1) is 22.7 Å². The minimum Gasteiger partial charge on any atom is -0.333 e. The van der Waals surface area contributed by atoms with E-state index in [0.717, 1.165) is 17.9 Å². The van der Waals surface area contributed by atoms with Gasteiger partial charge in [-0.15, -0.1) is 0 Å². The number of fused-ring (bicyclic) bond motifs is 1. The van der Waals surface area contributed by atoms with E-state index >= 15 is 0 Å². The SMILES string of the molecule is CC(C)(C)C1Cc2ccc(C#N)cc2C1.CN. The summed E-state index contributed by atoms with van der Waals surface area (Å²) in [7, 11) is 1.50. The van der Waals surface area contributed by atoms with Crippen LogP contribution < -0.4 is 5.73 Å². The lowest BCUT2D eigenvalue weighted by Crippen LogP contribution is -2.20. The Kier molecular flexibility index (Phi) is 4.31. The molecule has 1 unspecified atom stereocenters. The first-order valence-electron chi connectivity index (χ1n) is 6.10. The van der Waals surface area contributed by atoms with Gasteiger partial charge >= 0.3 is 0 Å². The van der Waals surface area contributed by atoms with Gasteiger partial charge in [0.25, 0.3) is 0 Å². The maximum Gasteiger partial charge on any atom is 0.0991 e. The van der Waals surface area contributed by atoms with Crippen molar-refractivity contribution in [1.82, 2.24) is 0 Å². The molecule has 1 aliphatic rings. The van der Waals surface area contributed by atoms with Crippen LogP contribution in [0.1, 0.15) is 37.5 Å². The summed E-state index contributed by atoms with van der Waals surface area (Å²) in [6.07, 6.45) is 2.30. The minimum absolute atomic E-state index is 0.367. The smallest absolute Gasteiger partial charge is 0.0991 e. The molecule has 92 valence electrons. The maximum absolute atomic E-state index is 8.84. The van der Waals surface area contributed by atoms with E-state index < -0.39 is 0 Å². The first-order chi connectivity index (χ1) is 8.00. The van der Waals surface area contributed by atoms with Crippen molar-refractivity contribution >= 4 is 0 Å². The van der Waals surface area contributed by atoms with Crippen molar-refractivity contribution in [2.24, 2.45) is 17.1 Å². The Morgan fingerprint density at radius 1 is 1.18 bits per heavy atom. The fourth-order valence-corrected chi connectivity index (χ4v) is 2.30. The van der Waals surface area contributed by atoms with Crippen LogP contribution in [0.5, 0.6) is 0 Å². The van der Waals surface area contributed by atoms with Crippen LogP contribution in [0.3, 0.4) is 0 Å². The maximum atomic E-state index is 8.84. The molecule has 17 heavy (non-hydrogen) atoms. The molecule has 0 bridgehead atoms. The Morgan fingerprint density at radius 2 is 1.76 bits per heavy atom. The van der Waals surface area contributed by atoms with Gasteiger partial charge in [0.15, 0.2) is 0 Å². The van der Waals surface area contributed by atoms with Crippen LogP contribution in [-0.2, 0) is 12.8 Å². The predicted molar refractivity (Wildman–Crippen MR) is 71.6 cm³/mol. The van der Waals surface area contributed by atoms with Crippen LogP contribution in [-0.4, -0.2) is 7.05 Å². The molecule has 0 fully saturated rings. The Bertz CT molecular complexity index is 422. The quantitative estimate of drug-likeness (QED) is 0.745. The fraction of sp³-hybridized carbons (Fsp3) is 0.533. The second-order valence-corrected chi connectivity index (χ2v) is 5.57.